The Bertz CT molecular complexity index is 1100. The van der Waals surface area contributed by atoms with E-state index in [2.05, 4.69) is 15.5 Å². The summed E-state index contributed by atoms with van der Waals surface area (Å²) in [6.45, 7) is 0.196. The molecule has 27 heavy (non-hydrogen) atoms. The summed E-state index contributed by atoms with van der Waals surface area (Å²) < 4.78 is 20.1. The summed E-state index contributed by atoms with van der Waals surface area (Å²) in [4.78, 5) is 12.5. The zero-order valence-corrected chi connectivity index (χ0v) is 14.6. The number of carbonyl (C=O) groups is 1. The molecule has 1 amide bonds. The number of fused-ring (bicyclic) bond motifs is 1. The molecule has 0 saturated carbocycles. The summed E-state index contributed by atoms with van der Waals surface area (Å²) in [6, 6.07) is 9.99. The zero-order chi connectivity index (χ0) is 18.8. The number of halogens is 1. The van der Waals surface area contributed by atoms with E-state index in [1.54, 1.807) is 24.7 Å². The number of nitrogens with zero attached hydrogens (tertiary/aromatic N) is 2. The molecule has 2 heterocycles. The van der Waals surface area contributed by atoms with Crippen LogP contribution in [0.15, 0.2) is 61.2 Å². The third kappa shape index (κ3) is 3.52. The van der Waals surface area contributed by atoms with Gasteiger partial charge in [0.15, 0.2) is 0 Å². The fraction of sp³-hybridized carbons (Fsp3) is 0.100. The van der Waals surface area contributed by atoms with E-state index in [0.29, 0.717) is 11.3 Å². The first-order valence-electron chi connectivity index (χ1n) is 8.35. The van der Waals surface area contributed by atoms with Gasteiger partial charge in [0.2, 0.25) is 0 Å². The average Bonchev–Trinajstić information content (AvgIpc) is 3.34. The van der Waals surface area contributed by atoms with Crippen molar-refractivity contribution < 1.29 is 13.9 Å². The van der Waals surface area contributed by atoms with Gasteiger partial charge in [-0.2, -0.15) is 5.10 Å². The van der Waals surface area contributed by atoms with E-state index in [1.807, 2.05) is 24.4 Å². The molecular formula is C20H17FN4O2. The van der Waals surface area contributed by atoms with Gasteiger partial charge in [0.1, 0.15) is 11.6 Å². The van der Waals surface area contributed by atoms with E-state index >= 15 is 0 Å². The highest BCUT2D eigenvalue weighted by Crippen LogP contribution is 2.24. The summed E-state index contributed by atoms with van der Waals surface area (Å²) in [6.07, 6.45) is 7.09. The van der Waals surface area contributed by atoms with Gasteiger partial charge in [0, 0.05) is 42.2 Å². The minimum absolute atomic E-state index is 0.196. The minimum Gasteiger partial charge on any atom is -0.497 e. The summed E-state index contributed by atoms with van der Waals surface area (Å²) >= 11 is 0. The van der Waals surface area contributed by atoms with Gasteiger partial charge < -0.3 is 10.1 Å². The third-order valence-electron chi connectivity index (χ3n) is 4.32. The molecule has 0 aliphatic carbocycles. The number of nitrogens with one attached hydrogen (secondary N) is 2. The highest BCUT2D eigenvalue weighted by molar-refractivity contribution is 5.91. The van der Waals surface area contributed by atoms with Gasteiger partial charge in [-0.1, -0.05) is 12.1 Å². The molecule has 2 aromatic heterocycles. The van der Waals surface area contributed by atoms with Crippen molar-refractivity contribution >= 4 is 16.8 Å². The van der Waals surface area contributed by atoms with Crippen LogP contribution in [0, 0.1) is 5.82 Å². The van der Waals surface area contributed by atoms with Crippen LogP contribution >= 0.6 is 0 Å². The van der Waals surface area contributed by atoms with E-state index in [9.17, 15) is 9.18 Å². The minimum atomic E-state index is -0.405. The number of carbonyl (C=O) groups excluding carboxylic acids is 1. The lowest BCUT2D eigenvalue weighted by molar-refractivity contribution is 0.242. The molecule has 4 aromatic rings. The molecule has 0 bridgehead atoms. The van der Waals surface area contributed by atoms with Crippen molar-refractivity contribution in [1.29, 1.82) is 0 Å². The van der Waals surface area contributed by atoms with Crippen LogP contribution in [0.1, 0.15) is 5.56 Å². The van der Waals surface area contributed by atoms with E-state index in [1.165, 1.54) is 23.8 Å². The number of aromatic nitrogens is 3. The number of benzene rings is 2. The Morgan fingerprint density at radius 3 is 2.81 bits per heavy atom. The summed E-state index contributed by atoms with van der Waals surface area (Å²) in [7, 11) is 1.47. The number of amides is 1. The lowest BCUT2D eigenvalue weighted by atomic mass is 10.1. The summed E-state index contributed by atoms with van der Waals surface area (Å²) in [5, 5.41) is 11.4. The maximum atomic E-state index is 13.6. The second-order valence-electron chi connectivity index (χ2n) is 6.15. The van der Waals surface area contributed by atoms with Crippen LogP contribution in [0.4, 0.5) is 9.18 Å². The highest BCUT2D eigenvalue weighted by Gasteiger charge is 2.09. The van der Waals surface area contributed by atoms with Gasteiger partial charge in [-0.25, -0.2) is 9.18 Å². The smallest absolute Gasteiger partial charge is 0.325 e. The molecule has 0 unspecified atom stereocenters. The molecule has 0 atom stereocenters. The molecule has 0 fully saturated rings. The second kappa shape index (κ2) is 6.95. The van der Waals surface area contributed by atoms with E-state index in [4.69, 9.17) is 4.74 Å². The standard InChI is InChI=1S/C20H17FN4O2/c1-27-19-5-13(4-18(21)7-19)8-22-20(26)25-11-15-3-2-14(6-16(15)12-25)17-9-23-24-10-17/h2-7,9-12H,8H2,1H3,(H,22,26)(H,23,24). The predicted octanol–water partition coefficient (Wildman–Crippen LogP) is 3.94. The lowest BCUT2D eigenvalue weighted by Crippen LogP contribution is -2.27. The quantitative estimate of drug-likeness (QED) is 0.576. The van der Waals surface area contributed by atoms with Crippen molar-refractivity contribution in [3.63, 3.8) is 0 Å². The van der Waals surface area contributed by atoms with Crippen LogP contribution in [0.5, 0.6) is 5.75 Å². The molecule has 136 valence electrons. The van der Waals surface area contributed by atoms with E-state index in [0.717, 1.165) is 21.9 Å². The molecule has 6 nitrogen and oxygen atoms in total. The average molecular weight is 364 g/mol. The number of hydrogen-bond acceptors (Lipinski definition) is 3. The van der Waals surface area contributed by atoms with Gasteiger partial charge in [0.05, 0.1) is 13.3 Å². The number of hydrogen-bond donors (Lipinski definition) is 2. The topological polar surface area (TPSA) is 71.9 Å². The van der Waals surface area contributed by atoms with Gasteiger partial charge >= 0.3 is 6.03 Å². The number of rotatable bonds is 4. The Hall–Kier alpha value is -3.61. The maximum absolute atomic E-state index is 13.6. The van der Waals surface area contributed by atoms with Gasteiger partial charge in [-0.15, -0.1) is 0 Å². The van der Waals surface area contributed by atoms with Crippen LogP contribution in [-0.2, 0) is 6.54 Å². The number of H-pyrrole nitrogens is 1. The van der Waals surface area contributed by atoms with Crippen LogP contribution in [-0.4, -0.2) is 27.9 Å². The van der Waals surface area contributed by atoms with Crippen LogP contribution < -0.4 is 10.1 Å². The maximum Gasteiger partial charge on any atom is 0.325 e. The molecule has 0 spiro atoms. The van der Waals surface area contributed by atoms with Crippen molar-refractivity contribution in [2.24, 2.45) is 0 Å². The molecule has 4 rings (SSSR count). The van der Waals surface area contributed by atoms with Crippen LogP contribution in [0.3, 0.4) is 0 Å². The number of ether oxygens (including phenoxy) is 1. The Labute approximate surface area is 154 Å². The highest BCUT2D eigenvalue weighted by atomic mass is 19.1. The van der Waals surface area contributed by atoms with Gasteiger partial charge in [0.25, 0.3) is 0 Å². The molecular weight excluding hydrogens is 347 g/mol. The predicted molar refractivity (Wildman–Crippen MR) is 100 cm³/mol. The number of methoxy groups -OCH3 is 1. The first kappa shape index (κ1) is 16.8. The fourth-order valence-electron chi connectivity index (χ4n) is 2.96. The molecule has 0 aliphatic rings. The van der Waals surface area contributed by atoms with Crippen molar-refractivity contribution in [1.82, 2.24) is 20.1 Å². The summed E-state index contributed by atoms with van der Waals surface area (Å²) in [5.74, 6) is 0.00908. The first-order valence-corrected chi connectivity index (χ1v) is 8.35. The fourth-order valence-corrected chi connectivity index (χ4v) is 2.96. The SMILES string of the molecule is COc1cc(F)cc(CNC(=O)n2cc3ccc(-c4cn[nH]c4)cc3c2)c1. The third-order valence-corrected chi connectivity index (χ3v) is 4.32. The van der Waals surface area contributed by atoms with Crippen molar-refractivity contribution in [2.45, 2.75) is 6.54 Å². The number of aromatic amines is 1. The normalized spacial score (nSPS) is 10.9. The Balaban J connectivity index is 1.52. The van der Waals surface area contributed by atoms with Crippen molar-refractivity contribution in [3.05, 3.63) is 72.6 Å². The molecule has 2 aromatic carbocycles. The van der Waals surface area contributed by atoms with Crippen molar-refractivity contribution in [2.75, 3.05) is 7.11 Å². The molecule has 2 N–H and O–H groups in total. The Morgan fingerprint density at radius 1 is 1.19 bits per heavy atom. The monoisotopic (exact) mass is 364 g/mol. The van der Waals surface area contributed by atoms with E-state index in [-0.39, 0.29) is 12.6 Å². The van der Waals surface area contributed by atoms with Gasteiger partial charge in [-0.3, -0.25) is 9.67 Å². The Morgan fingerprint density at radius 2 is 2.04 bits per heavy atom. The van der Waals surface area contributed by atoms with Gasteiger partial charge in [-0.05, 0) is 34.7 Å². The summed E-state index contributed by atoms with van der Waals surface area (Å²) in [5.41, 5.74) is 2.62. The molecule has 7 heteroatoms. The van der Waals surface area contributed by atoms with Crippen LogP contribution in [0.2, 0.25) is 0 Å². The van der Waals surface area contributed by atoms with E-state index < -0.39 is 5.82 Å². The first-order chi connectivity index (χ1) is 13.1. The van der Waals surface area contributed by atoms with Crippen molar-refractivity contribution in [3.8, 4) is 16.9 Å². The molecule has 0 radical (unpaired) electrons. The lowest BCUT2D eigenvalue weighted by Gasteiger charge is -2.07. The molecule has 0 saturated heterocycles. The molecule has 0 aliphatic heterocycles. The van der Waals surface area contributed by atoms with Crippen LogP contribution in [0.25, 0.3) is 21.9 Å². The second-order valence-corrected chi connectivity index (χ2v) is 6.15. The Kier molecular flexibility index (Phi) is 4.33. The zero-order valence-electron chi connectivity index (χ0n) is 14.6. The largest absolute Gasteiger partial charge is 0.497 e.